The summed E-state index contributed by atoms with van der Waals surface area (Å²) >= 11 is 0. The molecule has 0 unspecified atom stereocenters. The molecule has 0 aliphatic rings. The minimum absolute atomic E-state index is 0.460. The van der Waals surface area contributed by atoms with Crippen LogP contribution in [0, 0.1) is 0 Å². The molecule has 0 saturated heterocycles. The third-order valence-electron chi connectivity index (χ3n) is 2.91. The van der Waals surface area contributed by atoms with E-state index in [1.165, 1.54) is 4.68 Å². The van der Waals surface area contributed by atoms with E-state index >= 15 is 0 Å². The van der Waals surface area contributed by atoms with Crippen LogP contribution in [0.3, 0.4) is 0 Å². The summed E-state index contributed by atoms with van der Waals surface area (Å²) < 4.78 is 39.9. The topological polar surface area (TPSA) is 43.8 Å². The predicted octanol–water partition coefficient (Wildman–Crippen LogP) is 3.77. The Kier molecular flexibility index (Phi) is 3.28. The van der Waals surface area contributed by atoms with E-state index in [-0.39, 0.29) is 0 Å². The van der Waals surface area contributed by atoms with Gasteiger partial charge in [-0.05, 0) is 30.3 Å². The second-order valence-corrected chi connectivity index (χ2v) is 5.67. The maximum Gasteiger partial charge on any atom is 0.435 e. The normalized spacial score (nSPS) is 12.7. The minimum Gasteiger partial charge on any atom is -0.399 e. The quantitative estimate of drug-likeness (QED) is 0.810. The predicted molar refractivity (Wildman–Crippen MR) is 71.7 cm³/mol. The third kappa shape index (κ3) is 2.79. The summed E-state index contributed by atoms with van der Waals surface area (Å²) in [4.78, 5) is 0. The highest BCUT2D eigenvalue weighted by molar-refractivity contribution is 5.46. The van der Waals surface area contributed by atoms with Crippen LogP contribution in [0.2, 0.25) is 0 Å². The van der Waals surface area contributed by atoms with Crippen molar-refractivity contribution in [3.8, 4) is 5.69 Å². The van der Waals surface area contributed by atoms with Crippen LogP contribution in [-0.2, 0) is 11.6 Å². The molecule has 0 saturated carbocycles. The van der Waals surface area contributed by atoms with E-state index in [4.69, 9.17) is 5.73 Å². The molecule has 3 nitrogen and oxygen atoms in total. The van der Waals surface area contributed by atoms with Crippen molar-refractivity contribution in [1.29, 1.82) is 0 Å². The molecule has 0 aliphatic carbocycles. The molecule has 108 valence electrons. The number of halogens is 3. The number of benzene rings is 1. The molecular formula is C14H16F3N3. The third-order valence-corrected chi connectivity index (χ3v) is 2.91. The van der Waals surface area contributed by atoms with E-state index in [1.807, 2.05) is 20.8 Å². The number of anilines is 1. The molecule has 2 aromatic rings. The Morgan fingerprint density at radius 3 is 2.05 bits per heavy atom. The van der Waals surface area contributed by atoms with Crippen LogP contribution < -0.4 is 5.73 Å². The molecule has 0 bridgehead atoms. The largest absolute Gasteiger partial charge is 0.435 e. The standard InChI is InChI=1S/C14H16F3N3/c1-13(2,3)12-8-11(14(15,16)17)19-20(12)10-6-4-9(18)5-7-10/h4-8H,18H2,1-3H3. The lowest BCUT2D eigenvalue weighted by Gasteiger charge is -2.20. The monoisotopic (exact) mass is 283 g/mol. The first-order valence-corrected chi connectivity index (χ1v) is 6.13. The Hall–Kier alpha value is -1.98. The van der Waals surface area contributed by atoms with Gasteiger partial charge in [-0.1, -0.05) is 20.8 Å². The molecule has 1 heterocycles. The molecule has 0 radical (unpaired) electrons. The van der Waals surface area contributed by atoms with Crippen molar-refractivity contribution in [2.75, 3.05) is 5.73 Å². The zero-order valence-electron chi connectivity index (χ0n) is 11.5. The average molecular weight is 283 g/mol. The van der Waals surface area contributed by atoms with Gasteiger partial charge in [-0.2, -0.15) is 18.3 Å². The molecule has 0 spiro atoms. The van der Waals surface area contributed by atoms with Gasteiger partial charge in [-0.15, -0.1) is 0 Å². The highest BCUT2D eigenvalue weighted by atomic mass is 19.4. The van der Waals surface area contributed by atoms with E-state index in [2.05, 4.69) is 5.10 Å². The first-order chi connectivity index (χ1) is 9.09. The number of alkyl halides is 3. The van der Waals surface area contributed by atoms with Crippen molar-refractivity contribution in [2.45, 2.75) is 32.4 Å². The molecule has 20 heavy (non-hydrogen) atoms. The first-order valence-electron chi connectivity index (χ1n) is 6.13. The van der Waals surface area contributed by atoms with Gasteiger partial charge in [0.05, 0.1) is 11.4 Å². The molecule has 0 atom stereocenters. The van der Waals surface area contributed by atoms with E-state index in [0.29, 0.717) is 17.1 Å². The van der Waals surface area contributed by atoms with Gasteiger partial charge in [0.2, 0.25) is 0 Å². The van der Waals surface area contributed by atoms with Gasteiger partial charge in [-0.3, -0.25) is 0 Å². The fourth-order valence-corrected chi connectivity index (χ4v) is 1.87. The van der Waals surface area contributed by atoms with Crippen LogP contribution >= 0.6 is 0 Å². The number of nitrogens with two attached hydrogens (primary N) is 1. The summed E-state index contributed by atoms with van der Waals surface area (Å²) in [5.41, 5.74) is 5.84. The van der Waals surface area contributed by atoms with Gasteiger partial charge < -0.3 is 5.73 Å². The molecule has 2 rings (SSSR count). The van der Waals surface area contributed by atoms with Gasteiger partial charge in [-0.25, -0.2) is 4.68 Å². The lowest BCUT2D eigenvalue weighted by molar-refractivity contribution is -0.141. The van der Waals surface area contributed by atoms with Gasteiger partial charge >= 0.3 is 6.18 Å². The summed E-state index contributed by atoms with van der Waals surface area (Å²) in [6, 6.07) is 7.67. The smallest absolute Gasteiger partial charge is 0.399 e. The van der Waals surface area contributed by atoms with Crippen LogP contribution in [0.1, 0.15) is 32.2 Å². The average Bonchev–Trinajstić information content (AvgIpc) is 2.74. The highest BCUT2D eigenvalue weighted by Gasteiger charge is 2.36. The number of nitrogens with zero attached hydrogens (tertiary/aromatic N) is 2. The lowest BCUT2D eigenvalue weighted by Crippen LogP contribution is -2.17. The molecule has 2 N–H and O–H groups in total. The van der Waals surface area contributed by atoms with Crippen LogP contribution in [0.4, 0.5) is 18.9 Å². The first kappa shape index (κ1) is 14.4. The molecule has 1 aromatic heterocycles. The Bertz CT molecular complexity index is 604. The summed E-state index contributed by atoms with van der Waals surface area (Å²) in [6.07, 6.45) is -4.46. The van der Waals surface area contributed by atoms with Crippen molar-refractivity contribution >= 4 is 5.69 Å². The van der Waals surface area contributed by atoms with Crippen molar-refractivity contribution in [3.05, 3.63) is 41.7 Å². The molecule has 1 aromatic carbocycles. The van der Waals surface area contributed by atoms with E-state index in [9.17, 15) is 13.2 Å². The summed E-state index contributed by atoms with van der Waals surface area (Å²) in [5.74, 6) is 0. The van der Waals surface area contributed by atoms with E-state index in [0.717, 1.165) is 6.07 Å². The van der Waals surface area contributed by atoms with E-state index < -0.39 is 17.3 Å². The molecule has 0 amide bonds. The summed E-state index contributed by atoms with van der Waals surface area (Å²) in [6.45, 7) is 5.54. The number of aromatic nitrogens is 2. The second kappa shape index (κ2) is 4.54. The van der Waals surface area contributed by atoms with Crippen LogP contribution in [0.25, 0.3) is 5.69 Å². The molecular weight excluding hydrogens is 267 g/mol. The minimum atomic E-state index is -4.46. The van der Waals surface area contributed by atoms with Gasteiger partial charge in [0.15, 0.2) is 5.69 Å². The van der Waals surface area contributed by atoms with E-state index in [1.54, 1.807) is 24.3 Å². The Balaban J connectivity index is 2.62. The maximum atomic E-state index is 12.9. The Morgan fingerprint density at radius 2 is 1.60 bits per heavy atom. The Morgan fingerprint density at radius 1 is 1.05 bits per heavy atom. The summed E-state index contributed by atoms with van der Waals surface area (Å²) in [5, 5.41) is 3.70. The van der Waals surface area contributed by atoms with Crippen LogP contribution in [0.5, 0.6) is 0 Å². The van der Waals surface area contributed by atoms with Crippen molar-refractivity contribution in [3.63, 3.8) is 0 Å². The zero-order valence-corrected chi connectivity index (χ0v) is 11.5. The van der Waals surface area contributed by atoms with Crippen molar-refractivity contribution in [1.82, 2.24) is 9.78 Å². The van der Waals surface area contributed by atoms with Gasteiger partial charge in [0.25, 0.3) is 0 Å². The highest BCUT2D eigenvalue weighted by Crippen LogP contribution is 2.33. The second-order valence-electron chi connectivity index (χ2n) is 5.67. The van der Waals surface area contributed by atoms with Crippen LogP contribution in [-0.4, -0.2) is 9.78 Å². The maximum absolute atomic E-state index is 12.9. The van der Waals surface area contributed by atoms with Crippen molar-refractivity contribution in [2.24, 2.45) is 0 Å². The van der Waals surface area contributed by atoms with Crippen molar-refractivity contribution < 1.29 is 13.2 Å². The molecule has 0 fully saturated rings. The van der Waals surface area contributed by atoms with Crippen LogP contribution in [0.15, 0.2) is 30.3 Å². The zero-order chi connectivity index (χ0) is 15.1. The molecule has 0 aliphatic heterocycles. The fourth-order valence-electron chi connectivity index (χ4n) is 1.87. The summed E-state index contributed by atoms with van der Waals surface area (Å²) in [7, 11) is 0. The van der Waals surface area contributed by atoms with Gasteiger partial charge in [0, 0.05) is 11.1 Å². The number of hydrogen-bond donors (Lipinski definition) is 1. The van der Waals surface area contributed by atoms with Gasteiger partial charge in [0.1, 0.15) is 0 Å². The SMILES string of the molecule is CC(C)(C)c1cc(C(F)(F)F)nn1-c1ccc(N)cc1. The number of nitrogen functional groups attached to an aromatic ring is 1. The fraction of sp³-hybridized carbons (Fsp3) is 0.357. The number of rotatable bonds is 1. The lowest BCUT2D eigenvalue weighted by atomic mass is 9.91. The number of hydrogen-bond acceptors (Lipinski definition) is 2. The molecule has 6 heteroatoms. The Labute approximate surface area is 115 Å².